The molecule has 34 heavy (non-hydrogen) atoms. The van der Waals surface area contributed by atoms with Gasteiger partial charge in [0.15, 0.2) is 0 Å². The molecule has 1 unspecified atom stereocenters. The maximum Gasteiger partial charge on any atom is 0.255 e. The third-order valence-corrected chi connectivity index (χ3v) is 6.83. The summed E-state index contributed by atoms with van der Waals surface area (Å²) in [4.78, 5) is 30.1. The van der Waals surface area contributed by atoms with Gasteiger partial charge < -0.3 is 15.0 Å². The second-order valence-electron chi connectivity index (χ2n) is 9.42. The van der Waals surface area contributed by atoms with Crippen LogP contribution in [-0.2, 0) is 16.1 Å². The van der Waals surface area contributed by atoms with Crippen LogP contribution in [0.5, 0.6) is 0 Å². The highest BCUT2D eigenvalue weighted by atomic mass is 16.5. The van der Waals surface area contributed by atoms with Crippen LogP contribution in [0.15, 0.2) is 36.4 Å². The largest absolute Gasteiger partial charge is 0.381 e. The number of hydrogen-bond acceptors (Lipinski definition) is 5. The summed E-state index contributed by atoms with van der Waals surface area (Å²) in [5.74, 6) is 0.00304. The van der Waals surface area contributed by atoms with Gasteiger partial charge in [0.2, 0.25) is 5.91 Å². The van der Waals surface area contributed by atoms with Crippen molar-refractivity contribution in [3.63, 3.8) is 0 Å². The molecule has 2 amide bonds. The van der Waals surface area contributed by atoms with Gasteiger partial charge in [0, 0.05) is 50.1 Å². The number of nitrogens with one attached hydrogen (secondary N) is 1. The maximum atomic E-state index is 12.8. The number of nitrogens with zero attached hydrogens (tertiary/aromatic N) is 3. The van der Waals surface area contributed by atoms with E-state index >= 15 is 0 Å². The van der Waals surface area contributed by atoms with Crippen LogP contribution in [0.2, 0.25) is 0 Å². The Labute approximate surface area is 201 Å². The average molecular weight is 461 g/mol. The molecular formula is C27H32N4O3. The van der Waals surface area contributed by atoms with Crippen LogP contribution in [0.3, 0.4) is 0 Å². The van der Waals surface area contributed by atoms with Crippen LogP contribution in [0, 0.1) is 31.1 Å². The molecule has 2 heterocycles. The van der Waals surface area contributed by atoms with Crippen molar-refractivity contribution < 1.29 is 14.3 Å². The molecule has 178 valence electrons. The molecule has 2 atom stereocenters. The highest BCUT2D eigenvalue weighted by molar-refractivity contribution is 6.05. The number of nitriles is 1. The number of carbonyl (C=O) groups excluding carboxylic acids is 2. The molecule has 2 aromatic carbocycles. The minimum Gasteiger partial charge on any atom is -0.381 e. The average Bonchev–Trinajstić information content (AvgIpc) is 3.37. The number of carbonyl (C=O) groups is 2. The topological polar surface area (TPSA) is 85.7 Å². The molecule has 0 aliphatic carbocycles. The molecule has 2 aliphatic rings. The molecule has 2 saturated heterocycles. The Balaban J connectivity index is 1.43. The lowest BCUT2D eigenvalue weighted by molar-refractivity contribution is -0.140. The Hall–Kier alpha value is -3.21. The third-order valence-electron chi connectivity index (χ3n) is 6.83. The van der Waals surface area contributed by atoms with Crippen LogP contribution >= 0.6 is 0 Å². The Morgan fingerprint density at radius 3 is 2.74 bits per heavy atom. The summed E-state index contributed by atoms with van der Waals surface area (Å²) >= 11 is 0. The van der Waals surface area contributed by atoms with Crippen molar-refractivity contribution >= 4 is 17.5 Å². The van der Waals surface area contributed by atoms with E-state index in [-0.39, 0.29) is 23.8 Å². The van der Waals surface area contributed by atoms with E-state index in [4.69, 9.17) is 10.00 Å². The van der Waals surface area contributed by atoms with Crippen molar-refractivity contribution in [3.05, 3.63) is 64.2 Å². The molecule has 0 saturated carbocycles. The zero-order valence-electron chi connectivity index (χ0n) is 20.1. The molecular weight excluding hydrogens is 428 g/mol. The first-order chi connectivity index (χ1) is 16.4. The van der Waals surface area contributed by atoms with Crippen molar-refractivity contribution in [1.29, 1.82) is 5.26 Å². The van der Waals surface area contributed by atoms with Crippen LogP contribution in [0.4, 0.5) is 5.69 Å². The molecule has 7 heteroatoms. The number of amides is 2. The van der Waals surface area contributed by atoms with Gasteiger partial charge in [-0.2, -0.15) is 5.26 Å². The molecule has 0 bridgehead atoms. The van der Waals surface area contributed by atoms with Gasteiger partial charge in [-0.1, -0.05) is 12.1 Å². The smallest absolute Gasteiger partial charge is 0.255 e. The Bertz CT molecular complexity index is 1120. The van der Waals surface area contributed by atoms with Crippen molar-refractivity contribution in [2.45, 2.75) is 39.8 Å². The summed E-state index contributed by atoms with van der Waals surface area (Å²) in [6.07, 6.45) is 0.823. The predicted molar refractivity (Wildman–Crippen MR) is 130 cm³/mol. The molecule has 2 fully saturated rings. The van der Waals surface area contributed by atoms with E-state index in [9.17, 15) is 9.59 Å². The van der Waals surface area contributed by atoms with Gasteiger partial charge in [-0.15, -0.1) is 0 Å². The summed E-state index contributed by atoms with van der Waals surface area (Å²) < 4.78 is 5.41. The minimum atomic E-state index is -0.228. The molecule has 0 radical (unpaired) electrons. The fourth-order valence-corrected chi connectivity index (χ4v) is 4.86. The number of aryl methyl sites for hydroxylation is 1. The molecule has 0 aromatic heterocycles. The zero-order valence-corrected chi connectivity index (χ0v) is 20.1. The van der Waals surface area contributed by atoms with Gasteiger partial charge in [0.05, 0.1) is 24.2 Å². The van der Waals surface area contributed by atoms with Gasteiger partial charge in [0.25, 0.3) is 5.91 Å². The predicted octanol–water partition coefficient (Wildman–Crippen LogP) is 3.50. The van der Waals surface area contributed by atoms with E-state index in [2.05, 4.69) is 29.3 Å². The third kappa shape index (κ3) is 5.30. The van der Waals surface area contributed by atoms with Crippen molar-refractivity contribution in [2.75, 3.05) is 38.2 Å². The quantitative estimate of drug-likeness (QED) is 0.738. The molecule has 2 aromatic rings. The number of benzene rings is 2. The maximum absolute atomic E-state index is 12.8. The summed E-state index contributed by atoms with van der Waals surface area (Å²) in [6, 6.07) is 13.1. The van der Waals surface area contributed by atoms with E-state index in [1.165, 1.54) is 0 Å². The minimum absolute atomic E-state index is 0.00744. The van der Waals surface area contributed by atoms with Crippen molar-refractivity contribution in [2.24, 2.45) is 5.92 Å². The highest BCUT2D eigenvalue weighted by Gasteiger charge is 2.33. The van der Waals surface area contributed by atoms with Gasteiger partial charge in [-0.05, 0) is 68.1 Å². The van der Waals surface area contributed by atoms with E-state index < -0.39 is 0 Å². The van der Waals surface area contributed by atoms with E-state index in [1.54, 1.807) is 24.3 Å². The molecule has 4 rings (SSSR count). The number of ether oxygens (including phenoxy) is 1. The lowest BCUT2D eigenvalue weighted by atomic mass is 10.0. The number of rotatable bonds is 5. The Kier molecular flexibility index (Phi) is 7.30. The SMILES string of the molecule is Cc1cc(CN2CCN(C(=O)C3CCOC3)[C@@H](C)C2)c(C)c(NC(=O)c2cccc(C#N)c2)c1. The second-order valence-corrected chi connectivity index (χ2v) is 9.42. The van der Waals surface area contributed by atoms with Crippen molar-refractivity contribution in [1.82, 2.24) is 9.80 Å². The molecule has 0 spiro atoms. The van der Waals surface area contributed by atoms with E-state index in [0.717, 1.165) is 55.0 Å². The summed E-state index contributed by atoms with van der Waals surface area (Å²) in [5, 5.41) is 12.1. The fraction of sp³-hybridized carbons (Fsp3) is 0.444. The first kappa shape index (κ1) is 23.9. The lowest BCUT2D eigenvalue weighted by Gasteiger charge is -2.41. The van der Waals surface area contributed by atoms with Crippen LogP contribution in [0.25, 0.3) is 0 Å². The van der Waals surface area contributed by atoms with Crippen LogP contribution < -0.4 is 5.32 Å². The van der Waals surface area contributed by atoms with Gasteiger partial charge in [0.1, 0.15) is 0 Å². The summed E-state index contributed by atoms with van der Waals surface area (Å²) in [7, 11) is 0. The van der Waals surface area contributed by atoms with Gasteiger partial charge >= 0.3 is 0 Å². The van der Waals surface area contributed by atoms with Crippen LogP contribution in [-0.4, -0.2) is 60.5 Å². The fourth-order valence-electron chi connectivity index (χ4n) is 4.86. The molecule has 7 nitrogen and oxygen atoms in total. The first-order valence-corrected chi connectivity index (χ1v) is 11.9. The first-order valence-electron chi connectivity index (χ1n) is 11.9. The highest BCUT2D eigenvalue weighted by Crippen LogP contribution is 2.26. The Morgan fingerprint density at radius 1 is 1.21 bits per heavy atom. The van der Waals surface area contributed by atoms with E-state index in [0.29, 0.717) is 24.3 Å². The summed E-state index contributed by atoms with van der Waals surface area (Å²) in [6.45, 7) is 10.5. The zero-order chi connectivity index (χ0) is 24.2. The summed E-state index contributed by atoms with van der Waals surface area (Å²) in [5.41, 5.74) is 4.97. The van der Waals surface area contributed by atoms with Crippen molar-refractivity contribution in [3.8, 4) is 6.07 Å². The molecule has 1 N–H and O–H groups in total. The van der Waals surface area contributed by atoms with Crippen LogP contribution in [0.1, 0.15) is 46.0 Å². The van der Waals surface area contributed by atoms with Gasteiger partial charge in [-0.3, -0.25) is 14.5 Å². The molecule has 2 aliphatic heterocycles. The second kappa shape index (κ2) is 10.4. The Morgan fingerprint density at radius 2 is 2.03 bits per heavy atom. The van der Waals surface area contributed by atoms with Gasteiger partial charge in [-0.25, -0.2) is 0 Å². The monoisotopic (exact) mass is 460 g/mol. The standard InChI is InChI=1S/C27H32N4O3/c1-18-11-24(16-30-8-9-31(19(2)15-30)27(33)23-7-10-34-17-23)20(3)25(12-18)29-26(32)22-6-4-5-21(13-22)14-28/h4-6,11-13,19,23H,7-10,15-17H2,1-3H3,(H,29,32)/t19-,23?/m0/s1. The number of piperazine rings is 1. The number of anilines is 1. The lowest BCUT2D eigenvalue weighted by Crippen LogP contribution is -2.55. The normalized spacial score (nSPS) is 20.7. The van der Waals surface area contributed by atoms with E-state index in [1.807, 2.05) is 24.8 Å². The number of hydrogen-bond donors (Lipinski definition) is 1.